The van der Waals surface area contributed by atoms with Gasteiger partial charge in [0.05, 0.1) is 0 Å². The first-order valence-corrected chi connectivity index (χ1v) is 4.06. The molecule has 0 unspecified atom stereocenters. The van der Waals surface area contributed by atoms with Crippen LogP contribution in [0.4, 0.5) is 0 Å². The molecule has 1 amide bonds. The zero-order chi connectivity index (χ0) is 10.1. The van der Waals surface area contributed by atoms with E-state index in [0.29, 0.717) is 5.65 Å². The van der Waals surface area contributed by atoms with Crippen LogP contribution in [0.1, 0.15) is 0 Å². The highest BCUT2D eigenvalue weighted by atomic mass is 16.2. The Balaban J connectivity index is 2.68. The van der Waals surface area contributed by atoms with Crippen molar-refractivity contribution in [2.24, 2.45) is 5.73 Å². The second-order valence-corrected chi connectivity index (χ2v) is 2.90. The van der Waals surface area contributed by atoms with Crippen molar-refractivity contribution in [2.75, 3.05) is 0 Å². The molecule has 0 aromatic carbocycles. The Bertz CT molecular complexity index is 540. The predicted octanol–water partition coefficient (Wildman–Crippen LogP) is -1.60. The number of fused-ring (bicyclic) bond motifs is 1. The fraction of sp³-hybridized carbons (Fsp3) is 0.125. The van der Waals surface area contributed by atoms with E-state index in [4.69, 9.17) is 5.73 Å². The van der Waals surface area contributed by atoms with Gasteiger partial charge in [0, 0.05) is 6.07 Å². The molecule has 0 aliphatic carbocycles. The van der Waals surface area contributed by atoms with Crippen molar-refractivity contribution in [1.82, 2.24) is 9.67 Å². The number of primary amides is 1. The maximum atomic E-state index is 11.4. The van der Waals surface area contributed by atoms with Crippen LogP contribution < -0.4 is 15.9 Å². The van der Waals surface area contributed by atoms with Crippen molar-refractivity contribution in [2.45, 2.75) is 6.54 Å². The quantitative estimate of drug-likeness (QED) is 0.563. The van der Waals surface area contributed by atoms with Gasteiger partial charge in [0.25, 0.3) is 5.91 Å². The molecule has 2 heterocycles. The molecule has 0 saturated heterocycles. The number of hydrogen-bond acceptors (Lipinski definition) is 2. The molecule has 0 spiro atoms. The molecular weight excluding hydrogens is 184 g/mol. The zero-order valence-corrected chi connectivity index (χ0v) is 7.30. The standard InChI is InChI=1S/C8H8N4O2/c9-6(13)5-11-7-3-1-2-4-12(7)10-8(11)14/h1-4H,5H2,(H2-,9,10,13,14)/p+1. The van der Waals surface area contributed by atoms with E-state index in [1.807, 2.05) is 0 Å². The normalized spacial score (nSPS) is 10.6. The lowest BCUT2D eigenvalue weighted by Gasteiger charge is -1.89. The van der Waals surface area contributed by atoms with Gasteiger partial charge in [-0.2, -0.15) is 9.67 Å². The van der Waals surface area contributed by atoms with E-state index in [1.54, 1.807) is 24.4 Å². The lowest BCUT2D eigenvalue weighted by molar-refractivity contribution is -0.578. The number of nitrogens with one attached hydrogen (secondary N) is 1. The first-order chi connectivity index (χ1) is 6.68. The number of pyridine rings is 1. The molecule has 3 N–H and O–H groups in total. The van der Waals surface area contributed by atoms with E-state index in [0.717, 1.165) is 0 Å². The molecule has 2 aromatic rings. The van der Waals surface area contributed by atoms with E-state index in [1.165, 1.54) is 9.08 Å². The van der Waals surface area contributed by atoms with Crippen molar-refractivity contribution in [1.29, 1.82) is 0 Å². The van der Waals surface area contributed by atoms with E-state index in [2.05, 4.69) is 5.10 Å². The van der Waals surface area contributed by atoms with Crippen molar-refractivity contribution in [3.05, 3.63) is 34.9 Å². The second kappa shape index (κ2) is 2.99. The number of nitrogens with zero attached hydrogens (tertiary/aromatic N) is 2. The van der Waals surface area contributed by atoms with Gasteiger partial charge >= 0.3 is 11.3 Å². The van der Waals surface area contributed by atoms with Crippen molar-refractivity contribution in [3.63, 3.8) is 0 Å². The molecule has 0 atom stereocenters. The summed E-state index contributed by atoms with van der Waals surface area (Å²) in [6.07, 6.45) is 1.69. The summed E-state index contributed by atoms with van der Waals surface area (Å²) in [6, 6.07) is 5.28. The maximum absolute atomic E-state index is 11.4. The lowest BCUT2D eigenvalue weighted by atomic mass is 10.5. The summed E-state index contributed by atoms with van der Waals surface area (Å²) in [7, 11) is 0. The van der Waals surface area contributed by atoms with Crippen LogP contribution in [-0.4, -0.2) is 15.6 Å². The van der Waals surface area contributed by atoms with Crippen LogP contribution in [-0.2, 0) is 11.3 Å². The van der Waals surface area contributed by atoms with Gasteiger partial charge in [-0.15, -0.1) is 4.52 Å². The molecular formula is C8H9N4O2+. The number of aromatic amines is 1. The van der Waals surface area contributed by atoms with Gasteiger partial charge in [-0.3, -0.25) is 4.79 Å². The lowest BCUT2D eigenvalue weighted by Crippen LogP contribution is -2.26. The topological polar surface area (TPSA) is 85.0 Å². The minimum Gasteiger partial charge on any atom is -0.366 e. The van der Waals surface area contributed by atoms with Crippen molar-refractivity contribution in [3.8, 4) is 0 Å². The van der Waals surface area contributed by atoms with Crippen LogP contribution in [0.15, 0.2) is 29.2 Å². The third-order valence-electron chi connectivity index (χ3n) is 1.89. The molecule has 0 radical (unpaired) electrons. The predicted molar refractivity (Wildman–Crippen MR) is 47.4 cm³/mol. The summed E-state index contributed by atoms with van der Waals surface area (Å²) in [5.41, 5.74) is 5.28. The maximum Gasteiger partial charge on any atom is 0.445 e. The molecule has 0 saturated carbocycles. The van der Waals surface area contributed by atoms with E-state index < -0.39 is 5.91 Å². The Morgan fingerprint density at radius 3 is 3.07 bits per heavy atom. The average molecular weight is 193 g/mol. The number of aromatic nitrogens is 3. The van der Waals surface area contributed by atoms with Gasteiger partial charge in [0.2, 0.25) is 0 Å². The van der Waals surface area contributed by atoms with E-state index in [-0.39, 0.29) is 12.2 Å². The van der Waals surface area contributed by atoms with Crippen LogP contribution >= 0.6 is 0 Å². The molecule has 14 heavy (non-hydrogen) atoms. The van der Waals surface area contributed by atoms with E-state index >= 15 is 0 Å². The smallest absolute Gasteiger partial charge is 0.366 e. The molecule has 72 valence electrons. The highest BCUT2D eigenvalue weighted by Crippen LogP contribution is 1.91. The highest BCUT2D eigenvalue weighted by Gasteiger charge is 2.15. The SMILES string of the molecule is NC(=O)Cn1c(=O)[nH][n+]2ccccc12. The van der Waals surface area contributed by atoms with Crippen LogP contribution in [0.2, 0.25) is 0 Å². The Kier molecular flexibility index (Phi) is 1.81. The number of carbonyl (C=O) groups excluding carboxylic acids is 1. The average Bonchev–Trinajstić information content (AvgIpc) is 2.43. The Morgan fingerprint density at radius 1 is 1.57 bits per heavy atom. The Labute approximate surface area is 78.6 Å². The molecule has 6 heteroatoms. The summed E-state index contributed by atoms with van der Waals surface area (Å²) in [6.45, 7) is -0.115. The number of amides is 1. The largest absolute Gasteiger partial charge is 0.445 e. The summed E-state index contributed by atoms with van der Waals surface area (Å²) in [4.78, 5) is 22.1. The van der Waals surface area contributed by atoms with Crippen LogP contribution in [0.25, 0.3) is 5.65 Å². The third-order valence-corrected chi connectivity index (χ3v) is 1.89. The summed E-state index contributed by atoms with van der Waals surface area (Å²) in [5, 5.41) is 2.55. The molecule has 2 aromatic heterocycles. The second-order valence-electron chi connectivity index (χ2n) is 2.90. The number of hydrogen-bond donors (Lipinski definition) is 2. The van der Waals surface area contributed by atoms with Crippen LogP contribution in [0.3, 0.4) is 0 Å². The molecule has 0 bridgehead atoms. The van der Waals surface area contributed by atoms with Gasteiger partial charge in [0.1, 0.15) is 6.20 Å². The first kappa shape index (κ1) is 8.49. The molecule has 2 rings (SSSR count). The number of H-pyrrole nitrogens is 1. The van der Waals surface area contributed by atoms with E-state index in [9.17, 15) is 9.59 Å². The minimum absolute atomic E-state index is 0.115. The zero-order valence-electron chi connectivity index (χ0n) is 7.30. The van der Waals surface area contributed by atoms with Gasteiger partial charge in [-0.05, 0) is 6.07 Å². The Morgan fingerprint density at radius 2 is 2.36 bits per heavy atom. The molecule has 0 aliphatic heterocycles. The molecule has 6 nitrogen and oxygen atoms in total. The van der Waals surface area contributed by atoms with Gasteiger partial charge in [-0.25, -0.2) is 4.79 Å². The molecule has 0 aliphatic rings. The van der Waals surface area contributed by atoms with Crippen molar-refractivity contribution >= 4 is 11.6 Å². The number of nitrogens with two attached hydrogens (primary N) is 1. The first-order valence-electron chi connectivity index (χ1n) is 4.06. The van der Waals surface area contributed by atoms with Crippen LogP contribution in [0.5, 0.6) is 0 Å². The fourth-order valence-corrected chi connectivity index (χ4v) is 1.32. The van der Waals surface area contributed by atoms with Gasteiger partial charge in [0.15, 0.2) is 6.54 Å². The van der Waals surface area contributed by atoms with Gasteiger partial charge < -0.3 is 5.73 Å². The third kappa shape index (κ3) is 1.26. The molecule has 0 fully saturated rings. The fourth-order valence-electron chi connectivity index (χ4n) is 1.32. The van der Waals surface area contributed by atoms with Gasteiger partial charge in [-0.1, -0.05) is 6.07 Å². The number of rotatable bonds is 2. The minimum atomic E-state index is -0.544. The summed E-state index contributed by atoms with van der Waals surface area (Å²) >= 11 is 0. The Hall–Kier alpha value is -2.11. The van der Waals surface area contributed by atoms with Crippen molar-refractivity contribution < 1.29 is 9.31 Å². The highest BCUT2D eigenvalue weighted by molar-refractivity contribution is 5.74. The summed E-state index contributed by atoms with van der Waals surface area (Å²) in [5.74, 6) is -0.544. The number of carbonyl (C=O) groups is 1. The monoisotopic (exact) mass is 193 g/mol. The van der Waals surface area contributed by atoms with Crippen LogP contribution in [0, 0.1) is 0 Å². The summed E-state index contributed by atoms with van der Waals surface area (Å²) < 4.78 is 2.81.